The molecule has 3 aromatic rings. The minimum absolute atomic E-state index is 0.0786. The van der Waals surface area contributed by atoms with Gasteiger partial charge in [0.05, 0.1) is 16.8 Å². The summed E-state index contributed by atoms with van der Waals surface area (Å²) in [5.41, 5.74) is 4.03. The quantitative estimate of drug-likeness (QED) is 0.554. The van der Waals surface area contributed by atoms with Crippen molar-refractivity contribution in [1.29, 1.82) is 0 Å². The van der Waals surface area contributed by atoms with Crippen molar-refractivity contribution in [3.63, 3.8) is 0 Å². The van der Waals surface area contributed by atoms with Crippen LogP contribution in [0.5, 0.6) is 0 Å². The van der Waals surface area contributed by atoms with Gasteiger partial charge >= 0.3 is 0 Å². The number of hydrogen-bond acceptors (Lipinski definition) is 4. The van der Waals surface area contributed by atoms with Gasteiger partial charge in [-0.15, -0.1) is 0 Å². The largest absolute Gasteiger partial charge is 0.341 e. The number of rotatable bonds is 5. The molecule has 0 unspecified atom stereocenters. The Morgan fingerprint density at radius 1 is 1.00 bits per heavy atom. The number of likely N-dealkylation sites (tertiary alicyclic amines) is 1. The number of nitrogens with zero attached hydrogens (tertiary/aromatic N) is 4. The van der Waals surface area contributed by atoms with Gasteiger partial charge in [-0.1, -0.05) is 49.0 Å². The Morgan fingerprint density at radius 3 is 2.59 bits per heavy atom. The minimum atomic E-state index is 0.0786. The smallest absolute Gasteiger partial charge is 0.242 e. The fraction of sp³-hybridized carbons (Fsp3) is 0.400. The molecule has 2 aromatic carbocycles. The number of imidazole rings is 1. The monoisotopic (exact) mass is 448 g/mol. The molecule has 2 aliphatic rings. The molecule has 0 atom stereocenters. The number of carbonyl (C=O) groups excluding carboxylic acids is 2. The number of benzene rings is 2. The number of anilines is 1. The van der Waals surface area contributed by atoms with E-state index in [-0.39, 0.29) is 18.4 Å². The molecule has 3 heterocycles. The van der Waals surface area contributed by atoms with E-state index in [9.17, 15) is 9.59 Å². The second-order valence-electron chi connectivity index (χ2n) is 8.75. The lowest BCUT2D eigenvalue weighted by Gasteiger charge is -2.30. The van der Waals surface area contributed by atoms with Gasteiger partial charge in [-0.2, -0.15) is 0 Å². The maximum Gasteiger partial charge on any atom is 0.242 e. The summed E-state index contributed by atoms with van der Waals surface area (Å²) in [6.45, 7) is 4.87. The summed E-state index contributed by atoms with van der Waals surface area (Å²) in [5.74, 6) is 1.19. The minimum Gasteiger partial charge on any atom is -0.341 e. The molecule has 1 aromatic heterocycles. The second-order valence-corrected chi connectivity index (χ2v) is 9.69. The molecule has 0 saturated carbocycles. The van der Waals surface area contributed by atoms with E-state index >= 15 is 0 Å². The zero-order chi connectivity index (χ0) is 22.1. The lowest BCUT2D eigenvalue weighted by Crippen LogP contribution is -2.39. The van der Waals surface area contributed by atoms with Crippen LogP contribution in [0.2, 0.25) is 0 Å². The summed E-state index contributed by atoms with van der Waals surface area (Å²) < 4.78 is 1.98. The van der Waals surface area contributed by atoms with Crippen molar-refractivity contribution in [1.82, 2.24) is 14.5 Å². The highest BCUT2D eigenvalue weighted by atomic mass is 32.2. The summed E-state index contributed by atoms with van der Waals surface area (Å²) >= 11 is 1.42. The molecule has 5 rings (SSSR count). The van der Waals surface area contributed by atoms with E-state index in [1.165, 1.54) is 17.3 Å². The van der Waals surface area contributed by atoms with Crippen molar-refractivity contribution in [2.75, 3.05) is 30.3 Å². The molecule has 6 nitrogen and oxygen atoms in total. The van der Waals surface area contributed by atoms with Crippen LogP contribution < -0.4 is 4.90 Å². The van der Waals surface area contributed by atoms with Crippen LogP contribution in [-0.4, -0.2) is 51.7 Å². The molecular weight excluding hydrogens is 420 g/mol. The Hall–Kier alpha value is -2.80. The molecule has 0 N–H and O–H groups in total. The number of aromatic nitrogens is 2. The van der Waals surface area contributed by atoms with E-state index in [0.29, 0.717) is 11.7 Å². The highest BCUT2D eigenvalue weighted by Gasteiger charge is 2.26. The molecule has 32 heavy (non-hydrogen) atoms. The Labute approximate surface area is 192 Å². The Kier molecular flexibility index (Phi) is 5.91. The van der Waals surface area contributed by atoms with Gasteiger partial charge in [-0.25, -0.2) is 4.98 Å². The normalized spacial score (nSPS) is 16.5. The van der Waals surface area contributed by atoms with Crippen molar-refractivity contribution in [3.8, 4) is 0 Å². The van der Waals surface area contributed by atoms with Gasteiger partial charge in [0.25, 0.3) is 0 Å². The average Bonchev–Trinajstić information content (AvgIpc) is 3.40. The fourth-order valence-electron chi connectivity index (χ4n) is 4.61. The highest BCUT2D eigenvalue weighted by Crippen LogP contribution is 2.30. The molecule has 0 aliphatic carbocycles. The zero-order valence-electron chi connectivity index (χ0n) is 18.4. The Morgan fingerprint density at radius 2 is 1.75 bits per heavy atom. The van der Waals surface area contributed by atoms with Gasteiger partial charge in [-0.05, 0) is 48.9 Å². The van der Waals surface area contributed by atoms with Crippen molar-refractivity contribution in [3.05, 3.63) is 54.1 Å². The molecule has 0 radical (unpaired) electrons. The van der Waals surface area contributed by atoms with Gasteiger partial charge in [-0.3, -0.25) is 9.59 Å². The van der Waals surface area contributed by atoms with E-state index in [1.807, 2.05) is 56.8 Å². The maximum atomic E-state index is 13.0. The lowest BCUT2D eigenvalue weighted by molar-refractivity contribution is -0.133. The topological polar surface area (TPSA) is 58.4 Å². The van der Waals surface area contributed by atoms with Crippen LogP contribution in [0.4, 0.5) is 5.69 Å². The lowest BCUT2D eigenvalue weighted by atomic mass is 9.99. The van der Waals surface area contributed by atoms with Gasteiger partial charge in [0, 0.05) is 25.3 Å². The molecule has 2 amide bonds. The molecule has 1 saturated heterocycles. The van der Waals surface area contributed by atoms with Crippen molar-refractivity contribution in [2.45, 2.75) is 37.9 Å². The van der Waals surface area contributed by atoms with Crippen LogP contribution in [0.25, 0.3) is 11.0 Å². The standard InChI is InChI=1S/C25H28N4O2S/c1-18-10-13-27(14-11-18)23(30)16-29-22-9-5-3-7-20(22)26-25(29)32-17-24(31)28-15-12-19-6-2-4-8-21(19)28/h2-9,18H,10-17H2,1H3. The number of amides is 2. The summed E-state index contributed by atoms with van der Waals surface area (Å²) in [6, 6.07) is 16.0. The average molecular weight is 449 g/mol. The number of hydrogen-bond donors (Lipinski definition) is 0. The third-order valence-corrected chi connectivity index (χ3v) is 7.52. The van der Waals surface area contributed by atoms with Crippen molar-refractivity contribution in [2.24, 2.45) is 5.92 Å². The number of piperidine rings is 1. The van der Waals surface area contributed by atoms with Gasteiger partial charge in [0.15, 0.2) is 5.16 Å². The van der Waals surface area contributed by atoms with E-state index in [1.54, 1.807) is 0 Å². The Bertz CT molecular complexity index is 1150. The number of fused-ring (bicyclic) bond motifs is 2. The first-order chi connectivity index (χ1) is 15.6. The van der Waals surface area contributed by atoms with Crippen LogP contribution in [0.15, 0.2) is 53.7 Å². The summed E-state index contributed by atoms with van der Waals surface area (Å²) in [7, 11) is 0. The number of para-hydroxylation sites is 3. The highest BCUT2D eigenvalue weighted by molar-refractivity contribution is 7.99. The van der Waals surface area contributed by atoms with Gasteiger partial charge in [0.2, 0.25) is 11.8 Å². The van der Waals surface area contributed by atoms with Crippen molar-refractivity contribution >= 4 is 40.3 Å². The molecule has 2 aliphatic heterocycles. The SMILES string of the molecule is CC1CCN(C(=O)Cn2c(SCC(=O)N3CCc4ccccc43)nc3ccccc32)CC1. The third-order valence-electron chi connectivity index (χ3n) is 6.56. The number of carbonyl (C=O) groups is 2. The van der Waals surface area contributed by atoms with Crippen LogP contribution in [-0.2, 0) is 22.6 Å². The molecule has 0 bridgehead atoms. The van der Waals surface area contributed by atoms with Crippen LogP contribution >= 0.6 is 11.8 Å². The van der Waals surface area contributed by atoms with Crippen LogP contribution in [0, 0.1) is 5.92 Å². The molecule has 166 valence electrons. The van der Waals surface area contributed by atoms with E-state index in [0.717, 1.165) is 60.8 Å². The Balaban J connectivity index is 1.33. The molecule has 7 heteroatoms. The third kappa shape index (κ3) is 4.13. The first-order valence-electron chi connectivity index (χ1n) is 11.3. The second kappa shape index (κ2) is 8.98. The van der Waals surface area contributed by atoms with Gasteiger partial charge < -0.3 is 14.4 Å². The maximum absolute atomic E-state index is 13.0. The van der Waals surface area contributed by atoms with Crippen LogP contribution in [0.3, 0.4) is 0 Å². The van der Waals surface area contributed by atoms with Gasteiger partial charge in [0.1, 0.15) is 6.54 Å². The number of thioether (sulfide) groups is 1. The summed E-state index contributed by atoms with van der Waals surface area (Å²) in [5, 5.41) is 0.728. The molecule has 0 spiro atoms. The summed E-state index contributed by atoms with van der Waals surface area (Å²) in [6.07, 6.45) is 3.02. The first-order valence-corrected chi connectivity index (χ1v) is 12.3. The fourth-order valence-corrected chi connectivity index (χ4v) is 5.50. The molecular formula is C25H28N4O2S. The molecule has 1 fully saturated rings. The zero-order valence-corrected chi connectivity index (χ0v) is 19.2. The first kappa shape index (κ1) is 21.1. The van der Waals surface area contributed by atoms with E-state index in [2.05, 4.69) is 13.0 Å². The summed E-state index contributed by atoms with van der Waals surface area (Å²) in [4.78, 5) is 34.6. The predicted octanol–water partition coefficient (Wildman–Crippen LogP) is 3.98. The predicted molar refractivity (Wildman–Crippen MR) is 128 cm³/mol. The van der Waals surface area contributed by atoms with Crippen molar-refractivity contribution < 1.29 is 9.59 Å². The van der Waals surface area contributed by atoms with E-state index < -0.39 is 0 Å². The van der Waals surface area contributed by atoms with Crippen LogP contribution in [0.1, 0.15) is 25.3 Å². The van der Waals surface area contributed by atoms with E-state index in [4.69, 9.17) is 4.98 Å².